The minimum absolute atomic E-state index is 0.0961. The molecule has 2 rings (SSSR count). The first-order chi connectivity index (χ1) is 6.97. The van der Waals surface area contributed by atoms with Crippen molar-refractivity contribution < 1.29 is 23.0 Å². The van der Waals surface area contributed by atoms with E-state index >= 15 is 0 Å². The van der Waals surface area contributed by atoms with Crippen LogP contribution in [-0.4, -0.2) is 42.7 Å². The molecule has 2 fully saturated rings. The van der Waals surface area contributed by atoms with Gasteiger partial charge >= 0.3 is 6.18 Å². The third kappa shape index (κ3) is 2.43. The Balaban J connectivity index is 2.12. The van der Waals surface area contributed by atoms with Gasteiger partial charge in [0, 0.05) is 12.1 Å². The van der Waals surface area contributed by atoms with Crippen molar-refractivity contribution in [2.45, 2.75) is 37.2 Å². The maximum Gasteiger partial charge on any atom is 0.394 e. The maximum atomic E-state index is 12.6. The standard InChI is InChI=1S/C9H14F3NO2/c10-9(11,12)7-1-5-3-15-4-6(13-5)2-8(7)14/h5-8,13-14H,1-4H2. The Morgan fingerprint density at radius 3 is 2.33 bits per heavy atom. The summed E-state index contributed by atoms with van der Waals surface area (Å²) >= 11 is 0. The normalized spacial score (nSPS) is 42.4. The minimum atomic E-state index is -4.32. The van der Waals surface area contributed by atoms with E-state index < -0.39 is 18.2 Å². The summed E-state index contributed by atoms with van der Waals surface area (Å²) in [4.78, 5) is 0. The van der Waals surface area contributed by atoms with Crippen LogP contribution in [0.15, 0.2) is 0 Å². The van der Waals surface area contributed by atoms with E-state index in [1.165, 1.54) is 0 Å². The lowest BCUT2D eigenvalue weighted by atomic mass is 9.93. The van der Waals surface area contributed by atoms with E-state index in [4.69, 9.17) is 4.74 Å². The molecule has 0 aliphatic carbocycles. The highest BCUT2D eigenvalue weighted by Gasteiger charge is 2.48. The lowest BCUT2D eigenvalue weighted by Crippen LogP contribution is -2.47. The van der Waals surface area contributed by atoms with Crippen LogP contribution in [0.5, 0.6) is 0 Å². The molecule has 6 heteroatoms. The second-order valence-corrected chi connectivity index (χ2v) is 4.28. The van der Waals surface area contributed by atoms with Crippen LogP contribution in [-0.2, 0) is 4.74 Å². The number of rotatable bonds is 0. The van der Waals surface area contributed by atoms with Crippen LogP contribution in [0, 0.1) is 5.92 Å². The Hall–Kier alpha value is -0.330. The number of fused-ring (bicyclic) bond motifs is 2. The van der Waals surface area contributed by atoms with Gasteiger partial charge in [-0.1, -0.05) is 0 Å². The summed E-state index contributed by atoms with van der Waals surface area (Å²) in [5.74, 6) is -1.62. The van der Waals surface area contributed by atoms with Gasteiger partial charge in [-0.3, -0.25) is 0 Å². The van der Waals surface area contributed by atoms with Gasteiger partial charge < -0.3 is 15.2 Å². The third-order valence-electron chi connectivity index (χ3n) is 3.06. The second kappa shape index (κ2) is 3.92. The van der Waals surface area contributed by atoms with Gasteiger partial charge in [-0.2, -0.15) is 13.2 Å². The minimum Gasteiger partial charge on any atom is -0.392 e. The molecule has 0 spiro atoms. The summed E-state index contributed by atoms with van der Waals surface area (Å²) in [6.45, 7) is 0.688. The molecule has 4 atom stereocenters. The van der Waals surface area contributed by atoms with Crippen LogP contribution >= 0.6 is 0 Å². The van der Waals surface area contributed by atoms with Crippen LogP contribution in [0.2, 0.25) is 0 Å². The summed E-state index contributed by atoms with van der Waals surface area (Å²) in [5, 5.41) is 12.6. The molecule has 2 bridgehead atoms. The zero-order valence-electron chi connectivity index (χ0n) is 8.13. The predicted octanol–water partition coefficient (Wildman–Crippen LogP) is 0.677. The number of alkyl halides is 3. The van der Waals surface area contributed by atoms with Crippen LogP contribution in [0.3, 0.4) is 0 Å². The van der Waals surface area contributed by atoms with Gasteiger partial charge in [0.05, 0.1) is 25.2 Å². The third-order valence-corrected chi connectivity index (χ3v) is 3.06. The van der Waals surface area contributed by atoms with Crippen LogP contribution < -0.4 is 5.32 Å². The van der Waals surface area contributed by atoms with Crippen LogP contribution in [0.1, 0.15) is 12.8 Å². The van der Waals surface area contributed by atoms with Crippen molar-refractivity contribution in [3.8, 4) is 0 Å². The van der Waals surface area contributed by atoms with Crippen molar-refractivity contribution in [1.82, 2.24) is 5.32 Å². The van der Waals surface area contributed by atoms with Gasteiger partial charge in [0.15, 0.2) is 0 Å². The number of hydrogen-bond acceptors (Lipinski definition) is 3. The van der Waals surface area contributed by atoms with Gasteiger partial charge in [0.2, 0.25) is 0 Å². The van der Waals surface area contributed by atoms with E-state index in [9.17, 15) is 18.3 Å². The molecular formula is C9H14F3NO2. The molecular weight excluding hydrogens is 211 g/mol. The van der Waals surface area contributed by atoms with E-state index in [0.717, 1.165) is 0 Å². The number of halogens is 3. The number of nitrogens with one attached hydrogen (secondary N) is 1. The fourth-order valence-corrected chi connectivity index (χ4v) is 2.33. The zero-order valence-corrected chi connectivity index (χ0v) is 8.13. The average Bonchev–Trinajstić information content (AvgIpc) is 2.22. The molecule has 4 unspecified atom stereocenters. The molecule has 0 radical (unpaired) electrons. The van der Waals surface area contributed by atoms with E-state index in [1.807, 2.05) is 0 Å². The summed E-state index contributed by atoms with van der Waals surface area (Å²) in [6.07, 6.45) is -5.62. The highest BCUT2D eigenvalue weighted by molar-refractivity contribution is 4.91. The van der Waals surface area contributed by atoms with Crippen molar-refractivity contribution >= 4 is 0 Å². The number of morpholine rings is 1. The number of aliphatic hydroxyl groups excluding tert-OH is 1. The van der Waals surface area contributed by atoms with E-state index in [1.54, 1.807) is 0 Å². The van der Waals surface area contributed by atoms with Crippen molar-refractivity contribution in [3.05, 3.63) is 0 Å². The Bertz CT molecular complexity index is 234. The molecule has 2 saturated heterocycles. The largest absolute Gasteiger partial charge is 0.394 e. The van der Waals surface area contributed by atoms with Gasteiger partial charge in [-0.25, -0.2) is 0 Å². The van der Waals surface area contributed by atoms with Gasteiger partial charge in [0.25, 0.3) is 0 Å². The maximum absolute atomic E-state index is 12.6. The van der Waals surface area contributed by atoms with Crippen LogP contribution in [0.4, 0.5) is 13.2 Å². The first kappa shape index (κ1) is 11.2. The Labute approximate surface area is 85.6 Å². The van der Waals surface area contributed by atoms with Gasteiger partial charge in [-0.05, 0) is 12.8 Å². The monoisotopic (exact) mass is 225 g/mol. The summed E-state index contributed by atoms with van der Waals surface area (Å²) in [7, 11) is 0. The lowest BCUT2D eigenvalue weighted by Gasteiger charge is -2.28. The number of aliphatic hydroxyl groups is 1. The Morgan fingerprint density at radius 1 is 1.13 bits per heavy atom. The molecule has 0 amide bonds. The number of hydrogen-bond donors (Lipinski definition) is 2. The topological polar surface area (TPSA) is 41.5 Å². The van der Waals surface area contributed by atoms with Crippen LogP contribution in [0.25, 0.3) is 0 Å². The summed E-state index contributed by atoms with van der Waals surface area (Å²) < 4.78 is 43.0. The lowest BCUT2D eigenvalue weighted by molar-refractivity contribution is -0.201. The van der Waals surface area contributed by atoms with E-state index in [2.05, 4.69) is 5.32 Å². The van der Waals surface area contributed by atoms with E-state index in [0.29, 0.717) is 13.2 Å². The van der Waals surface area contributed by atoms with Crippen molar-refractivity contribution in [2.24, 2.45) is 5.92 Å². The van der Waals surface area contributed by atoms with Crippen molar-refractivity contribution in [1.29, 1.82) is 0 Å². The fraction of sp³-hybridized carbons (Fsp3) is 1.00. The van der Waals surface area contributed by atoms with Crippen molar-refractivity contribution in [3.63, 3.8) is 0 Å². The average molecular weight is 225 g/mol. The molecule has 2 heterocycles. The molecule has 0 aromatic carbocycles. The Kier molecular flexibility index (Phi) is 2.92. The highest BCUT2D eigenvalue weighted by Crippen LogP contribution is 2.36. The van der Waals surface area contributed by atoms with Gasteiger partial charge in [-0.15, -0.1) is 0 Å². The molecule has 2 N–H and O–H groups in total. The molecule has 0 aromatic rings. The van der Waals surface area contributed by atoms with E-state index in [-0.39, 0.29) is 24.9 Å². The summed E-state index contributed by atoms with van der Waals surface area (Å²) in [5.41, 5.74) is 0. The smallest absolute Gasteiger partial charge is 0.392 e. The highest BCUT2D eigenvalue weighted by atomic mass is 19.4. The molecule has 0 saturated carbocycles. The number of ether oxygens (including phenoxy) is 1. The molecule has 2 aliphatic rings. The van der Waals surface area contributed by atoms with Crippen molar-refractivity contribution in [2.75, 3.05) is 13.2 Å². The summed E-state index contributed by atoms with van der Waals surface area (Å²) in [6, 6.07) is -0.432. The fourth-order valence-electron chi connectivity index (χ4n) is 2.33. The Morgan fingerprint density at radius 2 is 1.73 bits per heavy atom. The molecule has 15 heavy (non-hydrogen) atoms. The second-order valence-electron chi connectivity index (χ2n) is 4.28. The molecule has 3 nitrogen and oxygen atoms in total. The van der Waals surface area contributed by atoms with Gasteiger partial charge in [0.1, 0.15) is 0 Å². The quantitative estimate of drug-likeness (QED) is 0.637. The molecule has 88 valence electrons. The first-order valence-electron chi connectivity index (χ1n) is 5.05. The zero-order chi connectivity index (χ0) is 11.1. The molecule has 0 aromatic heterocycles. The SMILES string of the molecule is OC1CC2COCC(CC1C(F)(F)F)N2. The molecule has 2 aliphatic heterocycles. The first-order valence-corrected chi connectivity index (χ1v) is 5.05. The predicted molar refractivity (Wildman–Crippen MR) is 46.3 cm³/mol.